The summed E-state index contributed by atoms with van der Waals surface area (Å²) in [5.41, 5.74) is 12.7. The van der Waals surface area contributed by atoms with Crippen molar-refractivity contribution >= 4 is 70.1 Å². The smallest absolute Gasteiger partial charge is 0.410 e. The lowest BCUT2D eigenvalue weighted by Crippen LogP contribution is -2.62. The molecular formula is C84H99Cl3N12O10. The summed E-state index contributed by atoms with van der Waals surface area (Å²) in [6.45, 7) is 13.8. The van der Waals surface area contributed by atoms with E-state index in [-0.39, 0.29) is 66.3 Å². The van der Waals surface area contributed by atoms with Crippen molar-refractivity contribution in [2.45, 2.75) is 192 Å². The Labute approximate surface area is 653 Å². The van der Waals surface area contributed by atoms with E-state index in [1.54, 1.807) is 4.90 Å². The van der Waals surface area contributed by atoms with Crippen LogP contribution in [-0.2, 0) is 90.0 Å². The summed E-state index contributed by atoms with van der Waals surface area (Å²) in [5, 5.41) is 5.00. The Hall–Kier alpha value is -9.03. The van der Waals surface area contributed by atoms with E-state index < -0.39 is 17.6 Å². The summed E-state index contributed by atoms with van der Waals surface area (Å²) < 4.78 is 25.6. The largest absolute Gasteiger partial charge is 0.463 e. The van der Waals surface area contributed by atoms with Crippen molar-refractivity contribution in [3.63, 3.8) is 0 Å². The van der Waals surface area contributed by atoms with Crippen molar-refractivity contribution in [3.8, 4) is 0 Å². The minimum Gasteiger partial charge on any atom is -0.463 e. The molecule has 3 amide bonds. The van der Waals surface area contributed by atoms with Crippen LogP contribution in [0.15, 0.2) is 159 Å². The highest BCUT2D eigenvalue weighted by Crippen LogP contribution is 2.40. The maximum absolute atomic E-state index is 15.1. The standard InChI is InChI=1S/C42H49ClN6O5.C33H37ClN6O.C9H13ClO4/c1-29-25-46(28-45-29)20-7-21-48(26-31-8-4-3-5-9-31)41(51)38-27-47(22-23-49(38)42(52)54-36-16-14-35(15-17-36)53-30(2)50)40-37-18-13-34(43)24-33(37)12-11-32-10-6-19-44-39(32)40;1-24-20-38(23-37-24)16-6-17-40(21-25-7-3-2-4-8-25)33(41)30-22-39(18-15-35-30)32-29-13-12-28(34)19-27(29)11-10-26-9-5-14-36-31(26)32;1-6(11)13-7-2-4-8(5-3-7)14-9(10)12/h3-6,8-10,13,18-19,24-25,28,35-36,38,40H,7,11-12,14-17,20-23,26-27H2,1-2H3;2-5,7-9,12-14,19-20,23,30,32,35H,6,10-11,15-18,21-22H2,1H3;7-8H,2-5H2,1H3/t35?,36?,38-,40?;30-,32?;/m11./s1. The molecule has 14 rings (SSSR count). The monoisotopic (exact) mass is 1540 g/mol. The van der Waals surface area contributed by atoms with Gasteiger partial charge in [-0.25, -0.2) is 19.6 Å². The first-order chi connectivity index (χ1) is 52.8. The molecule has 109 heavy (non-hydrogen) atoms. The minimum absolute atomic E-state index is 0.00887. The Morgan fingerprint density at radius 3 is 1.41 bits per heavy atom. The van der Waals surface area contributed by atoms with Gasteiger partial charge in [-0.05, 0) is 185 Å². The van der Waals surface area contributed by atoms with Gasteiger partial charge in [0.2, 0.25) is 11.8 Å². The van der Waals surface area contributed by atoms with Crippen molar-refractivity contribution in [3.05, 3.63) is 236 Å². The molecule has 6 heterocycles. The third-order valence-electron chi connectivity index (χ3n) is 21.4. The zero-order valence-electron chi connectivity index (χ0n) is 62.7. The van der Waals surface area contributed by atoms with Gasteiger partial charge >= 0.3 is 23.5 Å². The molecule has 2 saturated carbocycles. The number of hydrogen-bond acceptors (Lipinski definition) is 17. The van der Waals surface area contributed by atoms with Gasteiger partial charge in [0.1, 0.15) is 30.5 Å². The predicted molar refractivity (Wildman–Crippen MR) is 417 cm³/mol. The van der Waals surface area contributed by atoms with Gasteiger partial charge in [-0.1, -0.05) is 108 Å². The Morgan fingerprint density at radius 2 is 0.954 bits per heavy atom. The van der Waals surface area contributed by atoms with Crippen molar-refractivity contribution in [2.75, 3.05) is 52.4 Å². The van der Waals surface area contributed by atoms with Gasteiger partial charge in [0.15, 0.2) is 0 Å². The second-order valence-electron chi connectivity index (χ2n) is 29.3. The summed E-state index contributed by atoms with van der Waals surface area (Å²) in [4.78, 5) is 105. The lowest BCUT2D eigenvalue weighted by molar-refractivity contribution is -0.149. The number of esters is 2. The van der Waals surface area contributed by atoms with Crippen molar-refractivity contribution in [1.82, 2.24) is 58.9 Å². The van der Waals surface area contributed by atoms with Gasteiger partial charge in [0, 0.05) is 139 Å². The summed E-state index contributed by atoms with van der Waals surface area (Å²) >= 11 is 18.0. The number of piperazine rings is 2. The first-order valence-corrected chi connectivity index (χ1v) is 39.4. The van der Waals surface area contributed by atoms with Crippen LogP contribution in [0, 0.1) is 13.8 Å². The molecule has 576 valence electrons. The summed E-state index contributed by atoms with van der Waals surface area (Å²) in [6, 6.07) is 39.6. The zero-order valence-corrected chi connectivity index (χ0v) is 64.9. The van der Waals surface area contributed by atoms with E-state index in [4.69, 9.17) is 63.7 Å². The van der Waals surface area contributed by atoms with E-state index in [0.29, 0.717) is 102 Å². The molecule has 4 aliphatic carbocycles. The Balaban J connectivity index is 0.000000177. The maximum atomic E-state index is 15.1. The van der Waals surface area contributed by atoms with E-state index in [1.807, 2.05) is 145 Å². The fourth-order valence-electron chi connectivity index (χ4n) is 16.1. The van der Waals surface area contributed by atoms with E-state index in [0.717, 1.165) is 115 Å². The lowest BCUT2D eigenvalue weighted by Gasteiger charge is -2.45. The zero-order chi connectivity index (χ0) is 76.3. The van der Waals surface area contributed by atoms with Crippen molar-refractivity contribution in [2.24, 2.45) is 0 Å². The van der Waals surface area contributed by atoms with Gasteiger partial charge in [-0.15, -0.1) is 0 Å². The van der Waals surface area contributed by atoms with E-state index in [9.17, 15) is 24.0 Å². The van der Waals surface area contributed by atoms with Crippen molar-refractivity contribution < 1.29 is 47.7 Å². The fourth-order valence-corrected chi connectivity index (χ4v) is 16.7. The van der Waals surface area contributed by atoms with Crippen LogP contribution in [0.1, 0.15) is 157 Å². The molecule has 2 unspecified atom stereocenters. The minimum atomic E-state index is -0.797. The number of fused-ring (bicyclic) bond motifs is 4. The lowest BCUT2D eigenvalue weighted by atomic mass is 9.94. The van der Waals surface area contributed by atoms with E-state index in [2.05, 4.69) is 72.1 Å². The first-order valence-electron chi connectivity index (χ1n) is 38.3. The van der Waals surface area contributed by atoms with Crippen LogP contribution in [0.25, 0.3) is 0 Å². The molecule has 6 aliphatic rings. The molecule has 2 saturated heterocycles. The number of nitrogens with one attached hydrogen (secondary N) is 1. The van der Waals surface area contributed by atoms with Crippen molar-refractivity contribution in [1.29, 1.82) is 0 Å². The number of aryl methyl sites for hydroxylation is 8. The number of halogens is 3. The Bertz CT molecular complexity index is 4350. The molecule has 4 fully saturated rings. The van der Waals surface area contributed by atoms with Gasteiger partial charge < -0.3 is 43.2 Å². The summed E-state index contributed by atoms with van der Waals surface area (Å²) in [5.74, 6) is -0.534. The van der Waals surface area contributed by atoms with Gasteiger partial charge in [0.05, 0.1) is 53.6 Å². The van der Waals surface area contributed by atoms with Crippen LogP contribution in [0.5, 0.6) is 0 Å². The third kappa shape index (κ3) is 21.9. The number of carbonyl (C=O) groups is 6. The molecule has 4 aromatic heterocycles. The number of ether oxygens (including phenoxy) is 4. The molecule has 4 aromatic carbocycles. The highest BCUT2D eigenvalue weighted by molar-refractivity contribution is 6.61. The predicted octanol–water partition coefficient (Wildman–Crippen LogP) is 13.6. The highest BCUT2D eigenvalue weighted by Gasteiger charge is 2.44. The maximum Gasteiger partial charge on any atom is 0.410 e. The van der Waals surface area contributed by atoms with Crippen LogP contribution in [0.3, 0.4) is 0 Å². The number of imidazole rings is 2. The third-order valence-corrected chi connectivity index (χ3v) is 21.9. The number of pyridine rings is 2. The molecule has 25 heteroatoms. The topological polar surface area (TPSA) is 229 Å². The highest BCUT2D eigenvalue weighted by atomic mass is 35.5. The fraction of sp³-hybridized carbons (Fsp3) is 0.452. The molecule has 22 nitrogen and oxygen atoms in total. The van der Waals surface area contributed by atoms with E-state index in [1.165, 1.54) is 41.7 Å². The number of nitrogens with zero attached hydrogens (tertiary/aromatic N) is 11. The molecule has 2 aliphatic heterocycles. The van der Waals surface area contributed by atoms with Crippen LogP contribution >= 0.6 is 34.8 Å². The number of carbonyl (C=O) groups excluding carboxylic acids is 6. The summed E-state index contributed by atoms with van der Waals surface area (Å²) in [7, 11) is 0. The van der Waals surface area contributed by atoms with Crippen LogP contribution in [-0.4, -0.2) is 178 Å². The van der Waals surface area contributed by atoms with Gasteiger partial charge in [-0.2, -0.15) is 0 Å². The Morgan fingerprint density at radius 1 is 0.505 bits per heavy atom. The van der Waals surface area contributed by atoms with Gasteiger partial charge in [0.25, 0.3) is 0 Å². The molecule has 0 bridgehead atoms. The number of benzene rings is 4. The number of rotatable bonds is 20. The van der Waals surface area contributed by atoms with Crippen LogP contribution in [0.2, 0.25) is 10.0 Å². The van der Waals surface area contributed by atoms with Gasteiger partial charge in [-0.3, -0.25) is 43.8 Å². The second kappa shape index (κ2) is 38.6. The SMILES string of the molecule is CC(=O)OC1CCC(OC(=O)Cl)CC1.CC(=O)OC1CCC(OC(=O)N2CCN(C3c4ccc(Cl)cc4CCc4cccnc43)C[C@@H]2C(=O)N(CCCn2cnc(C)c2)Cc2ccccc2)CC1.Cc1cn(CCCN(Cc2ccccc2)C(=O)[C@H]2CN(C3c4ccc(Cl)cc4CCc4cccnc43)CCN2)cn1. The number of amides is 3. The first kappa shape index (κ1) is 79.5. The Kier molecular flexibility index (Phi) is 28.1. The quantitative estimate of drug-likeness (QED) is 0.0425. The normalized spacial score (nSPS) is 21.1. The molecule has 8 aromatic rings. The van der Waals surface area contributed by atoms with E-state index >= 15 is 4.79 Å². The average Bonchev–Trinajstić information content (AvgIpc) is 1.75. The number of hydrogen-bond donors (Lipinski definition) is 1. The molecule has 0 spiro atoms. The molecule has 0 radical (unpaired) electrons. The van der Waals surface area contributed by atoms with Crippen LogP contribution < -0.4 is 5.32 Å². The molecular weight excluding hydrogens is 1440 g/mol. The van der Waals surface area contributed by atoms with Crippen LogP contribution in [0.4, 0.5) is 9.59 Å². The number of aromatic nitrogens is 6. The second-order valence-corrected chi connectivity index (χ2v) is 30.4. The average molecular weight is 1540 g/mol. The molecule has 4 atom stereocenters. The molecule has 1 N–H and O–H groups in total. The summed E-state index contributed by atoms with van der Waals surface area (Å²) in [6.07, 6.45) is 20.8.